The third-order valence-electron chi connectivity index (χ3n) is 19.7. The fourth-order valence-corrected chi connectivity index (χ4v) is 13.2. The molecule has 9 nitrogen and oxygen atoms in total. The summed E-state index contributed by atoms with van der Waals surface area (Å²) < 4.78 is 22.9. The molecule has 0 amide bonds. The summed E-state index contributed by atoms with van der Waals surface area (Å²) in [5.41, 5.74) is 0. The predicted octanol–water partition coefficient (Wildman–Crippen LogP) is 25.9. The van der Waals surface area contributed by atoms with E-state index in [2.05, 4.69) is 38.2 Å². The molecule has 0 aromatic heterocycles. The average Bonchev–Trinajstić information content (AvgIpc) is 3.24. The molecule has 0 saturated carbocycles. The van der Waals surface area contributed by atoms with Gasteiger partial charge in [0, 0.05) is 12.8 Å². The van der Waals surface area contributed by atoms with Gasteiger partial charge < -0.3 is 33.3 Å². The topological polar surface area (TPSA) is 111 Å². The van der Waals surface area contributed by atoms with E-state index in [-0.39, 0.29) is 32.2 Å². The highest BCUT2D eigenvalue weighted by Gasteiger charge is 2.22. The molecule has 0 fully saturated rings. The number of carbonyl (C=O) groups excluding carboxylic acids is 3. The predicted molar refractivity (Wildman–Crippen MR) is 408 cm³/mol. The summed E-state index contributed by atoms with van der Waals surface area (Å²) in [6.07, 6.45) is 96.2. The minimum Gasteiger partial charge on any atom is -0.545 e. The van der Waals surface area contributed by atoms with E-state index in [1.54, 1.807) is 0 Å². The van der Waals surface area contributed by atoms with Gasteiger partial charge in [0.15, 0.2) is 12.4 Å². The summed E-state index contributed by atoms with van der Waals surface area (Å²) >= 11 is 0. The Morgan fingerprint density at radius 1 is 0.316 bits per heavy atom. The van der Waals surface area contributed by atoms with Crippen molar-refractivity contribution >= 4 is 17.9 Å². The highest BCUT2D eigenvalue weighted by molar-refractivity contribution is 5.70. The smallest absolute Gasteiger partial charge is 0.306 e. The lowest BCUT2D eigenvalue weighted by Gasteiger charge is -2.26. The molecule has 0 aliphatic heterocycles. The number of rotatable bonds is 81. The average molecular weight is 1340 g/mol. The first-order valence-corrected chi connectivity index (χ1v) is 42.5. The van der Waals surface area contributed by atoms with Crippen LogP contribution in [0, 0.1) is 0 Å². The number of carboxylic acids is 1. The molecule has 0 aromatic carbocycles. The number of hydrogen-bond acceptors (Lipinski definition) is 8. The molecule has 0 radical (unpaired) electrons. The van der Waals surface area contributed by atoms with Crippen molar-refractivity contribution < 1.29 is 42.9 Å². The molecular formula is C86H165NO8. The second-order valence-corrected chi connectivity index (χ2v) is 30.5. The molecule has 95 heavy (non-hydrogen) atoms. The van der Waals surface area contributed by atoms with Gasteiger partial charge in [0.05, 0.1) is 40.3 Å². The molecule has 0 spiro atoms. The summed E-state index contributed by atoms with van der Waals surface area (Å²) in [7, 11) is 5.96. The Labute approximate surface area is 592 Å². The van der Waals surface area contributed by atoms with Crippen molar-refractivity contribution in [3.8, 4) is 0 Å². The van der Waals surface area contributed by atoms with Crippen LogP contribution < -0.4 is 5.11 Å². The van der Waals surface area contributed by atoms with Crippen LogP contribution >= 0.6 is 0 Å². The number of hydrogen-bond donors (Lipinski definition) is 0. The lowest BCUT2D eigenvalue weighted by Crippen LogP contribution is -2.44. The van der Waals surface area contributed by atoms with Crippen LogP contribution in [-0.4, -0.2) is 82.3 Å². The zero-order valence-electron chi connectivity index (χ0n) is 64.6. The van der Waals surface area contributed by atoms with Crippen LogP contribution in [0.5, 0.6) is 0 Å². The van der Waals surface area contributed by atoms with Gasteiger partial charge in [0.25, 0.3) is 0 Å². The Hall–Kier alpha value is -2.23. The number of unbranched alkanes of at least 4 members (excludes halogenated alkanes) is 62. The molecule has 0 saturated heterocycles. The minimum atomic E-state index is -1.62. The van der Waals surface area contributed by atoms with Gasteiger partial charge in [-0.1, -0.05) is 417 Å². The van der Waals surface area contributed by atoms with Gasteiger partial charge in [-0.3, -0.25) is 9.59 Å². The number of nitrogens with zero attached hydrogens (tertiary/aromatic N) is 1. The maximum atomic E-state index is 13.0. The van der Waals surface area contributed by atoms with E-state index in [0.717, 1.165) is 44.9 Å². The monoisotopic (exact) mass is 1340 g/mol. The van der Waals surface area contributed by atoms with Gasteiger partial charge in [0.2, 0.25) is 0 Å². The molecule has 2 unspecified atom stereocenters. The number of carboxylic acid groups (broad SMARTS) is 1. The van der Waals surface area contributed by atoms with Crippen LogP contribution in [-0.2, 0) is 33.3 Å². The van der Waals surface area contributed by atoms with Crippen LogP contribution in [0.4, 0.5) is 0 Å². The van der Waals surface area contributed by atoms with Gasteiger partial charge in [-0.15, -0.1) is 0 Å². The fourth-order valence-electron chi connectivity index (χ4n) is 13.2. The second-order valence-electron chi connectivity index (χ2n) is 30.5. The van der Waals surface area contributed by atoms with Crippen molar-refractivity contribution in [2.24, 2.45) is 0 Å². The molecule has 0 rings (SSSR count). The summed E-state index contributed by atoms with van der Waals surface area (Å²) in [6.45, 7) is 4.83. The van der Waals surface area contributed by atoms with Gasteiger partial charge in [-0.2, -0.15) is 0 Å². The molecular weight excluding hydrogens is 1170 g/mol. The van der Waals surface area contributed by atoms with Gasteiger partial charge in [-0.25, -0.2) is 0 Å². The van der Waals surface area contributed by atoms with E-state index in [1.165, 1.54) is 379 Å². The molecule has 0 aliphatic rings. The Balaban J connectivity index is 3.91. The number of carbonyl (C=O) groups is 3. The van der Waals surface area contributed by atoms with Crippen molar-refractivity contribution in [2.45, 2.75) is 463 Å². The molecule has 9 heteroatoms. The number of ether oxygens (including phenoxy) is 4. The van der Waals surface area contributed by atoms with E-state index >= 15 is 0 Å². The first-order chi connectivity index (χ1) is 46.6. The second kappa shape index (κ2) is 77.5. The summed E-state index contributed by atoms with van der Waals surface area (Å²) in [4.78, 5) is 37.6. The first-order valence-electron chi connectivity index (χ1n) is 42.5. The van der Waals surface area contributed by atoms with Crippen molar-refractivity contribution in [2.75, 3.05) is 47.5 Å². The van der Waals surface area contributed by atoms with Crippen LogP contribution in [0.2, 0.25) is 0 Å². The summed E-state index contributed by atoms with van der Waals surface area (Å²) in [5.74, 6) is -2.24. The van der Waals surface area contributed by atoms with E-state index in [9.17, 15) is 19.5 Å². The third-order valence-corrected chi connectivity index (χ3v) is 19.7. The Morgan fingerprint density at radius 3 is 0.832 bits per heavy atom. The number of aliphatic carboxylic acids is 1. The molecule has 2 atom stereocenters. The maximum Gasteiger partial charge on any atom is 0.306 e. The number of allylic oxidation sites excluding steroid dienone is 4. The number of likely N-dealkylation sites (N-methyl/N-ethyl adjacent to an activating group) is 1. The van der Waals surface area contributed by atoms with E-state index in [4.69, 9.17) is 18.9 Å². The largest absolute Gasteiger partial charge is 0.545 e. The van der Waals surface area contributed by atoms with Crippen molar-refractivity contribution in [3.63, 3.8) is 0 Å². The Bertz CT molecular complexity index is 1610. The van der Waals surface area contributed by atoms with Crippen LogP contribution in [0.15, 0.2) is 24.3 Å². The van der Waals surface area contributed by atoms with Crippen molar-refractivity contribution in [3.05, 3.63) is 24.3 Å². The van der Waals surface area contributed by atoms with Gasteiger partial charge >= 0.3 is 11.9 Å². The van der Waals surface area contributed by atoms with Crippen molar-refractivity contribution in [1.29, 1.82) is 0 Å². The standard InChI is InChI=1S/C86H165NO8/c1-6-8-10-12-14-16-18-20-22-24-26-28-30-32-34-36-38-39-40-41-42-43-44-45-47-48-50-52-54-56-58-60-62-64-66-68-70-72-74-76-83(88)93-80-82(81-94-86(85(90)91)92-79-78-87(3,4)5)95-84(89)77-75-73-71-69-67-65-63-61-59-57-55-53-51-49-46-37-35-33-31-29-27-25-23-21-19-17-15-13-11-9-7-2/h19,21,25,27,82,86H,6-18,20,22-24,26,28-81H2,1-5H3/b21-19-,27-25-. The quantitative estimate of drug-likeness (QED) is 0.0195. The lowest BCUT2D eigenvalue weighted by atomic mass is 10.0. The highest BCUT2D eigenvalue weighted by atomic mass is 16.7. The van der Waals surface area contributed by atoms with Gasteiger partial charge in [0.1, 0.15) is 13.2 Å². The number of quaternary nitrogens is 1. The molecule has 0 bridgehead atoms. The Kier molecular flexibility index (Phi) is 75.7. The molecule has 562 valence electrons. The zero-order valence-corrected chi connectivity index (χ0v) is 64.6. The van der Waals surface area contributed by atoms with E-state index < -0.39 is 24.3 Å². The lowest BCUT2D eigenvalue weighted by molar-refractivity contribution is -0.870. The summed E-state index contributed by atoms with van der Waals surface area (Å²) in [6, 6.07) is 0. The normalized spacial score (nSPS) is 12.6. The summed E-state index contributed by atoms with van der Waals surface area (Å²) in [5, 5.41) is 11.9. The molecule has 0 aliphatic carbocycles. The van der Waals surface area contributed by atoms with E-state index in [1.807, 2.05) is 21.1 Å². The van der Waals surface area contributed by atoms with E-state index in [0.29, 0.717) is 17.4 Å². The minimum absolute atomic E-state index is 0.152. The first kappa shape index (κ1) is 92.8. The SMILES string of the molecule is CCCCCCC/C=C\C/C=C\CCCCCCCCCCCCCCCCCCCCCC(=O)OC(COC(=O)CCCCCCCCCCCCCCCCCCCCCCCCCCCCCCCCCCCCCCCCC)COC(OCC[N+](C)(C)C)C(=O)[O-]. The highest BCUT2D eigenvalue weighted by Crippen LogP contribution is 2.21. The Morgan fingerprint density at radius 2 is 0.568 bits per heavy atom. The van der Waals surface area contributed by atoms with Crippen LogP contribution in [0.3, 0.4) is 0 Å². The van der Waals surface area contributed by atoms with Crippen LogP contribution in [0.1, 0.15) is 450 Å². The third kappa shape index (κ3) is 79.0. The molecule has 0 N–H and O–H groups in total. The van der Waals surface area contributed by atoms with Crippen molar-refractivity contribution in [1.82, 2.24) is 0 Å². The zero-order chi connectivity index (χ0) is 69.0. The van der Waals surface area contributed by atoms with Gasteiger partial charge in [-0.05, 0) is 44.9 Å². The number of esters is 2. The maximum absolute atomic E-state index is 13.0. The van der Waals surface area contributed by atoms with Crippen LogP contribution in [0.25, 0.3) is 0 Å². The molecule has 0 heterocycles. The molecule has 0 aromatic rings. The fraction of sp³-hybridized carbons (Fsp3) is 0.919.